The highest BCUT2D eigenvalue weighted by Crippen LogP contribution is 2.18. The van der Waals surface area contributed by atoms with Crippen LogP contribution in [0.2, 0.25) is 5.02 Å². The minimum Gasteiger partial charge on any atom is -0.455 e. The van der Waals surface area contributed by atoms with Gasteiger partial charge in [-0.15, -0.1) is 0 Å². The minimum absolute atomic E-state index is 0.0204. The van der Waals surface area contributed by atoms with Gasteiger partial charge < -0.3 is 9.15 Å². The minimum atomic E-state index is -3.48. The quantitative estimate of drug-likeness (QED) is 0.811. The van der Waals surface area contributed by atoms with Crippen LogP contribution in [0.5, 0.6) is 0 Å². The van der Waals surface area contributed by atoms with Crippen LogP contribution in [0.1, 0.15) is 16.1 Å². The van der Waals surface area contributed by atoms with E-state index in [0.717, 1.165) is 6.26 Å². The van der Waals surface area contributed by atoms with Crippen LogP contribution in [-0.4, -0.2) is 20.6 Å². The van der Waals surface area contributed by atoms with E-state index in [4.69, 9.17) is 20.8 Å². The van der Waals surface area contributed by atoms with Gasteiger partial charge >= 0.3 is 5.97 Å². The molecule has 1 aromatic carbocycles. The SMILES string of the molecule is CS(=O)(=O)c1ccc(C(=O)OCc2ccccc2Cl)o1. The third-order valence-electron chi connectivity index (χ3n) is 2.46. The highest BCUT2D eigenvalue weighted by atomic mass is 35.5. The standard InChI is InChI=1S/C13H11ClO5S/c1-20(16,17)12-7-6-11(19-12)13(15)18-8-9-4-2-3-5-10(9)14/h2-7H,8H2,1H3. The highest BCUT2D eigenvalue weighted by Gasteiger charge is 2.18. The first kappa shape index (κ1) is 14.6. The molecule has 0 fully saturated rings. The third kappa shape index (κ3) is 3.40. The first-order valence-corrected chi connectivity index (χ1v) is 7.85. The molecule has 2 rings (SSSR count). The van der Waals surface area contributed by atoms with Crippen LogP contribution in [-0.2, 0) is 21.2 Å². The van der Waals surface area contributed by atoms with Crippen molar-refractivity contribution in [1.29, 1.82) is 0 Å². The molecule has 1 heterocycles. The maximum absolute atomic E-state index is 11.7. The molecule has 20 heavy (non-hydrogen) atoms. The number of rotatable bonds is 4. The normalized spacial score (nSPS) is 11.3. The van der Waals surface area contributed by atoms with Gasteiger partial charge in [0, 0.05) is 16.8 Å². The summed E-state index contributed by atoms with van der Waals surface area (Å²) in [5.41, 5.74) is 0.650. The lowest BCUT2D eigenvalue weighted by Gasteiger charge is -2.04. The zero-order valence-corrected chi connectivity index (χ0v) is 12.1. The Kier molecular flexibility index (Phi) is 4.15. The zero-order valence-electron chi connectivity index (χ0n) is 10.5. The van der Waals surface area contributed by atoms with Crippen LogP contribution in [0, 0.1) is 0 Å². The van der Waals surface area contributed by atoms with Gasteiger partial charge in [0.25, 0.3) is 0 Å². The predicted molar refractivity (Wildman–Crippen MR) is 72.4 cm³/mol. The highest BCUT2D eigenvalue weighted by molar-refractivity contribution is 7.90. The van der Waals surface area contributed by atoms with Gasteiger partial charge in [0.15, 0.2) is 0 Å². The molecular formula is C13H11ClO5S. The van der Waals surface area contributed by atoms with Crippen LogP contribution in [0.3, 0.4) is 0 Å². The summed E-state index contributed by atoms with van der Waals surface area (Å²) >= 11 is 5.92. The zero-order chi connectivity index (χ0) is 14.8. The number of ether oxygens (including phenoxy) is 1. The van der Waals surface area contributed by atoms with E-state index in [0.29, 0.717) is 10.6 Å². The van der Waals surface area contributed by atoms with Crippen molar-refractivity contribution in [3.8, 4) is 0 Å². The van der Waals surface area contributed by atoms with Gasteiger partial charge in [0.05, 0.1) is 0 Å². The molecule has 7 heteroatoms. The Hall–Kier alpha value is -1.79. The molecule has 0 aliphatic rings. The number of halogens is 1. The van der Waals surface area contributed by atoms with Crippen LogP contribution >= 0.6 is 11.6 Å². The second kappa shape index (κ2) is 5.68. The fourth-order valence-corrected chi connectivity index (χ4v) is 2.21. The van der Waals surface area contributed by atoms with E-state index in [-0.39, 0.29) is 17.5 Å². The van der Waals surface area contributed by atoms with E-state index >= 15 is 0 Å². The van der Waals surface area contributed by atoms with Crippen molar-refractivity contribution in [2.45, 2.75) is 11.7 Å². The summed E-state index contributed by atoms with van der Waals surface area (Å²) in [4.78, 5) is 11.7. The smallest absolute Gasteiger partial charge is 0.374 e. The summed E-state index contributed by atoms with van der Waals surface area (Å²) in [5, 5.41) is 0.207. The Morgan fingerprint density at radius 2 is 1.95 bits per heavy atom. The Labute approximate surface area is 121 Å². The summed E-state index contributed by atoms with van der Waals surface area (Å²) in [6.45, 7) is -0.0204. The molecule has 5 nitrogen and oxygen atoms in total. The summed E-state index contributed by atoms with van der Waals surface area (Å²) in [5.74, 6) is -0.919. The summed E-state index contributed by atoms with van der Waals surface area (Å²) in [6, 6.07) is 9.40. The Bertz CT molecular complexity index is 733. The molecule has 0 saturated carbocycles. The molecule has 2 aromatic rings. The fraction of sp³-hybridized carbons (Fsp3) is 0.154. The van der Waals surface area contributed by atoms with Gasteiger partial charge in [-0.05, 0) is 18.2 Å². The molecular weight excluding hydrogens is 304 g/mol. The Morgan fingerprint density at radius 1 is 1.25 bits per heavy atom. The topological polar surface area (TPSA) is 73.6 Å². The lowest BCUT2D eigenvalue weighted by Crippen LogP contribution is -2.04. The van der Waals surface area contributed by atoms with E-state index < -0.39 is 15.8 Å². The van der Waals surface area contributed by atoms with Crippen molar-refractivity contribution in [2.24, 2.45) is 0 Å². The number of carbonyl (C=O) groups is 1. The van der Waals surface area contributed by atoms with E-state index in [1.807, 2.05) is 0 Å². The summed E-state index contributed by atoms with van der Waals surface area (Å²) in [7, 11) is -3.48. The molecule has 0 aliphatic carbocycles. The van der Waals surface area contributed by atoms with E-state index in [1.165, 1.54) is 12.1 Å². The molecule has 0 N–H and O–H groups in total. The molecule has 0 spiro atoms. The summed E-state index contributed by atoms with van der Waals surface area (Å²) < 4.78 is 32.4. The lowest BCUT2D eigenvalue weighted by molar-refractivity contribution is 0.0430. The van der Waals surface area contributed by atoms with Crippen molar-refractivity contribution in [1.82, 2.24) is 0 Å². The van der Waals surface area contributed by atoms with Crippen molar-refractivity contribution in [3.63, 3.8) is 0 Å². The third-order valence-corrected chi connectivity index (χ3v) is 3.78. The average molecular weight is 315 g/mol. The molecule has 106 valence electrons. The maximum Gasteiger partial charge on any atom is 0.374 e. The second-order valence-corrected chi connectivity index (χ2v) is 6.41. The van der Waals surface area contributed by atoms with Crippen LogP contribution in [0.4, 0.5) is 0 Å². The largest absolute Gasteiger partial charge is 0.455 e. The number of hydrogen-bond donors (Lipinski definition) is 0. The molecule has 0 radical (unpaired) electrons. The second-order valence-electron chi connectivity index (χ2n) is 4.06. The van der Waals surface area contributed by atoms with E-state index in [2.05, 4.69) is 0 Å². The number of benzene rings is 1. The number of hydrogen-bond acceptors (Lipinski definition) is 5. The van der Waals surface area contributed by atoms with Crippen molar-refractivity contribution in [3.05, 3.63) is 52.7 Å². The maximum atomic E-state index is 11.7. The van der Waals surface area contributed by atoms with Gasteiger partial charge in [0.2, 0.25) is 20.7 Å². The monoisotopic (exact) mass is 314 g/mol. The van der Waals surface area contributed by atoms with Gasteiger partial charge in [-0.2, -0.15) is 0 Å². The molecule has 0 bridgehead atoms. The van der Waals surface area contributed by atoms with Gasteiger partial charge in [-0.25, -0.2) is 13.2 Å². The van der Waals surface area contributed by atoms with Crippen molar-refractivity contribution >= 4 is 27.4 Å². The Morgan fingerprint density at radius 3 is 2.55 bits per heavy atom. The van der Waals surface area contributed by atoms with Crippen LogP contribution < -0.4 is 0 Å². The first-order chi connectivity index (χ1) is 9.38. The average Bonchev–Trinajstić information content (AvgIpc) is 2.87. The van der Waals surface area contributed by atoms with Gasteiger partial charge in [-0.1, -0.05) is 29.8 Å². The lowest BCUT2D eigenvalue weighted by atomic mass is 10.2. The molecule has 0 aliphatic heterocycles. The van der Waals surface area contributed by atoms with Gasteiger partial charge in [0.1, 0.15) is 6.61 Å². The summed E-state index contributed by atoms with van der Waals surface area (Å²) in [6.07, 6.45) is 0.991. The molecule has 0 saturated heterocycles. The van der Waals surface area contributed by atoms with E-state index in [9.17, 15) is 13.2 Å². The Balaban J connectivity index is 2.06. The van der Waals surface area contributed by atoms with Crippen LogP contribution in [0.15, 0.2) is 45.9 Å². The van der Waals surface area contributed by atoms with Crippen molar-refractivity contribution in [2.75, 3.05) is 6.26 Å². The van der Waals surface area contributed by atoms with E-state index in [1.54, 1.807) is 24.3 Å². The number of esters is 1. The van der Waals surface area contributed by atoms with Gasteiger partial charge in [-0.3, -0.25) is 0 Å². The molecule has 0 unspecified atom stereocenters. The fourth-order valence-electron chi connectivity index (χ4n) is 1.46. The number of furan rings is 1. The molecule has 0 amide bonds. The molecule has 0 atom stereocenters. The first-order valence-electron chi connectivity index (χ1n) is 5.58. The number of sulfone groups is 1. The van der Waals surface area contributed by atoms with Crippen molar-refractivity contribution < 1.29 is 22.4 Å². The predicted octanol–water partition coefficient (Wildman–Crippen LogP) is 2.69. The number of carbonyl (C=O) groups excluding carboxylic acids is 1. The molecule has 1 aromatic heterocycles. The van der Waals surface area contributed by atoms with Crippen LogP contribution in [0.25, 0.3) is 0 Å².